The van der Waals surface area contributed by atoms with Gasteiger partial charge in [-0.25, -0.2) is 14.4 Å². The summed E-state index contributed by atoms with van der Waals surface area (Å²) >= 11 is 3.32. The lowest BCUT2D eigenvalue weighted by Gasteiger charge is -2.25. The van der Waals surface area contributed by atoms with Crippen molar-refractivity contribution in [2.45, 2.75) is 37.5 Å². The van der Waals surface area contributed by atoms with Gasteiger partial charge in [-0.15, -0.1) is 0 Å². The van der Waals surface area contributed by atoms with E-state index >= 15 is 0 Å². The first-order valence-corrected chi connectivity index (χ1v) is 10.7. The maximum atomic E-state index is 14.7. The highest BCUT2D eigenvalue weighted by atomic mass is 79.9. The minimum atomic E-state index is -0.892. The van der Waals surface area contributed by atoms with Crippen molar-refractivity contribution in [1.82, 2.24) is 9.55 Å². The van der Waals surface area contributed by atoms with Crippen molar-refractivity contribution in [2.24, 2.45) is 16.3 Å². The second-order valence-corrected chi connectivity index (χ2v) is 9.25. The Labute approximate surface area is 181 Å². The van der Waals surface area contributed by atoms with Gasteiger partial charge in [0.25, 0.3) is 0 Å². The zero-order valence-corrected chi connectivity index (χ0v) is 17.8. The van der Waals surface area contributed by atoms with Gasteiger partial charge in [0.05, 0.1) is 22.1 Å². The van der Waals surface area contributed by atoms with Crippen LogP contribution in [0.3, 0.4) is 0 Å². The standard InChI is InChI=1S/C22H22BrFN4O2/c1-26-17-3-2-6-28(17)18-13-10-22(13,20(30)19(18)29)5-4-11-9-16-12(8-15(11)24)7-14(23)21(25)27-16/h2-3,6-9,13,18-20,29-30H,1,4-5,10H2,(H2,25,27)/t13-,18-,19+,20+,22+/m1/s1. The van der Waals surface area contributed by atoms with E-state index in [0.717, 1.165) is 6.42 Å². The quantitative estimate of drug-likeness (QED) is 0.492. The van der Waals surface area contributed by atoms with E-state index in [1.807, 2.05) is 22.9 Å². The number of nitrogens with two attached hydrogens (primary N) is 1. The van der Waals surface area contributed by atoms with E-state index in [4.69, 9.17) is 5.73 Å². The Balaban J connectivity index is 1.40. The molecule has 30 heavy (non-hydrogen) atoms. The highest BCUT2D eigenvalue weighted by Crippen LogP contribution is 2.70. The summed E-state index contributed by atoms with van der Waals surface area (Å²) in [6.45, 7) is 3.58. The van der Waals surface area contributed by atoms with Crippen molar-refractivity contribution >= 4 is 45.2 Å². The van der Waals surface area contributed by atoms with Crippen LogP contribution in [0.5, 0.6) is 0 Å². The van der Waals surface area contributed by atoms with E-state index in [-0.39, 0.29) is 17.8 Å². The summed E-state index contributed by atoms with van der Waals surface area (Å²) in [5.74, 6) is 0.840. The molecule has 8 heteroatoms. The fourth-order valence-corrected chi connectivity index (χ4v) is 5.60. The second kappa shape index (κ2) is 6.87. The number of aliphatic hydroxyl groups excluding tert-OH is 2. The zero-order valence-electron chi connectivity index (χ0n) is 16.2. The highest BCUT2D eigenvalue weighted by molar-refractivity contribution is 9.10. The summed E-state index contributed by atoms with van der Waals surface area (Å²) in [5, 5.41) is 22.2. The van der Waals surface area contributed by atoms with Crippen LogP contribution in [0.25, 0.3) is 10.9 Å². The molecular formula is C22H22BrFN4O2. The Bertz CT molecular complexity index is 1170. The van der Waals surface area contributed by atoms with Crippen molar-refractivity contribution in [3.8, 4) is 0 Å². The molecule has 0 unspecified atom stereocenters. The molecule has 2 aliphatic rings. The number of nitrogens with zero attached hydrogens (tertiary/aromatic N) is 3. The van der Waals surface area contributed by atoms with E-state index in [2.05, 4.69) is 32.6 Å². The first kappa shape index (κ1) is 19.7. The van der Waals surface area contributed by atoms with Gasteiger partial charge in [0.2, 0.25) is 0 Å². The number of aliphatic hydroxyl groups is 2. The van der Waals surface area contributed by atoms with Crippen LogP contribution < -0.4 is 5.73 Å². The van der Waals surface area contributed by atoms with E-state index in [9.17, 15) is 14.6 Å². The van der Waals surface area contributed by atoms with Crippen LogP contribution >= 0.6 is 15.9 Å². The lowest BCUT2D eigenvalue weighted by atomic mass is 9.91. The topological polar surface area (TPSA) is 96.7 Å². The number of fused-ring (bicyclic) bond motifs is 2. The number of hydrogen-bond acceptors (Lipinski definition) is 5. The van der Waals surface area contributed by atoms with Crippen LogP contribution in [0, 0.1) is 17.2 Å². The predicted octanol–water partition coefficient (Wildman–Crippen LogP) is 3.77. The molecule has 0 bridgehead atoms. The van der Waals surface area contributed by atoms with Crippen molar-refractivity contribution in [3.63, 3.8) is 0 Å². The van der Waals surface area contributed by atoms with Gasteiger partial charge in [-0.1, -0.05) is 0 Å². The number of hydrogen-bond donors (Lipinski definition) is 3. The minimum Gasteiger partial charge on any atom is -0.390 e. The maximum absolute atomic E-state index is 14.7. The van der Waals surface area contributed by atoms with Crippen molar-refractivity contribution < 1.29 is 14.6 Å². The van der Waals surface area contributed by atoms with Crippen LogP contribution in [0.1, 0.15) is 24.4 Å². The molecule has 5 rings (SSSR count). The molecule has 4 N–H and O–H groups in total. The lowest BCUT2D eigenvalue weighted by Crippen LogP contribution is -2.34. The lowest BCUT2D eigenvalue weighted by molar-refractivity contribution is -0.0194. The van der Waals surface area contributed by atoms with Gasteiger partial charge in [0, 0.05) is 17.0 Å². The summed E-state index contributed by atoms with van der Waals surface area (Å²) in [7, 11) is 0. The summed E-state index contributed by atoms with van der Waals surface area (Å²) < 4.78 is 17.3. The molecule has 0 amide bonds. The molecule has 156 valence electrons. The second-order valence-electron chi connectivity index (χ2n) is 8.39. The number of aliphatic imine (C=N–C) groups is 1. The van der Waals surface area contributed by atoms with Crippen LogP contribution in [-0.4, -0.2) is 38.7 Å². The number of anilines is 1. The molecule has 2 fully saturated rings. The number of rotatable bonds is 5. The molecule has 3 aromatic rings. The number of aromatic nitrogens is 2. The van der Waals surface area contributed by atoms with Crippen LogP contribution in [-0.2, 0) is 6.42 Å². The molecule has 5 atom stereocenters. The van der Waals surface area contributed by atoms with Crippen LogP contribution in [0.4, 0.5) is 16.0 Å². The number of halogens is 2. The molecule has 2 aromatic heterocycles. The van der Waals surface area contributed by atoms with Gasteiger partial charge in [-0.2, -0.15) is 0 Å². The maximum Gasteiger partial charge on any atom is 0.138 e. The third-order valence-electron chi connectivity index (χ3n) is 6.92. The van der Waals surface area contributed by atoms with Crippen LogP contribution in [0.15, 0.2) is 46.0 Å². The molecule has 0 spiro atoms. The molecule has 2 heterocycles. The largest absolute Gasteiger partial charge is 0.390 e. The fourth-order valence-electron chi connectivity index (χ4n) is 5.27. The molecule has 2 saturated carbocycles. The predicted molar refractivity (Wildman–Crippen MR) is 117 cm³/mol. The van der Waals surface area contributed by atoms with E-state index in [1.165, 1.54) is 6.07 Å². The zero-order chi connectivity index (χ0) is 21.2. The third kappa shape index (κ3) is 2.81. The normalized spacial score (nSPS) is 29.9. The Morgan fingerprint density at radius 3 is 2.93 bits per heavy atom. The highest BCUT2D eigenvalue weighted by Gasteiger charge is 2.70. The van der Waals surface area contributed by atoms with Gasteiger partial charge in [0.1, 0.15) is 23.6 Å². The van der Waals surface area contributed by atoms with Crippen molar-refractivity contribution in [2.75, 3.05) is 5.73 Å². The number of nitrogen functional groups attached to an aromatic ring is 1. The Morgan fingerprint density at radius 2 is 2.17 bits per heavy atom. The smallest absolute Gasteiger partial charge is 0.138 e. The third-order valence-corrected chi connectivity index (χ3v) is 7.55. The summed E-state index contributed by atoms with van der Waals surface area (Å²) in [4.78, 5) is 8.34. The molecule has 0 aliphatic heterocycles. The number of pyridine rings is 1. The Hall–Kier alpha value is -2.29. The van der Waals surface area contributed by atoms with E-state index in [1.54, 1.807) is 12.1 Å². The van der Waals surface area contributed by atoms with Gasteiger partial charge in [0.15, 0.2) is 0 Å². The summed E-state index contributed by atoms with van der Waals surface area (Å²) in [5.41, 5.74) is 6.62. The molecule has 6 nitrogen and oxygen atoms in total. The average molecular weight is 473 g/mol. The average Bonchev–Trinajstić information content (AvgIpc) is 3.16. The first-order chi connectivity index (χ1) is 14.4. The van der Waals surface area contributed by atoms with Gasteiger partial charge < -0.3 is 20.5 Å². The molecule has 0 radical (unpaired) electrons. The van der Waals surface area contributed by atoms with E-state index in [0.29, 0.717) is 45.4 Å². The Morgan fingerprint density at radius 1 is 1.37 bits per heavy atom. The number of aryl methyl sites for hydroxylation is 1. The molecule has 2 aliphatic carbocycles. The summed E-state index contributed by atoms with van der Waals surface area (Å²) in [6, 6.07) is 8.38. The monoisotopic (exact) mass is 472 g/mol. The van der Waals surface area contributed by atoms with Gasteiger partial charge in [-0.3, -0.25) is 0 Å². The Kier molecular flexibility index (Phi) is 4.50. The molecular weight excluding hydrogens is 451 g/mol. The number of benzene rings is 1. The molecule has 1 aromatic carbocycles. The van der Waals surface area contributed by atoms with Crippen molar-refractivity contribution in [3.05, 3.63) is 52.4 Å². The van der Waals surface area contributed by atoms with Gasteiger partial charge >= 0.3 is 0 Å². The van der Waals surface area contributed by atoms with Gasteiger partial charge in [-0.05, 0) is 83.7 Å². The first-order valence-electron chi connectivity index (χ1n) is 9.89. The molecule has 0 saturated heterocycles. The van der Waals surface area contributed by atoms with Crippen LogP contribution in [0.2, 0.25) is 0 Å². The fraction of sp³-hybridized carbons (Fsp3) is 0.364. The van der Waals surface area contributed by atoms with Crippen molar-refractivity contribution in [1.29, 1.82) is 0 Å². The minimum absolute atomic E-state index is 0.114. The summed E-state index contributed by atoms with van der Waals surface area (Å²) in [6.07, 6.45) is 1.93. The SMILES string of the molecule is C=Nc1cccn1[C@H]1[C@H](O)[C@H](O)[C@@]2(CCc3cc4nc(N)c(Br)cc4cc3F)C[C@H]12. The van der Waals surface area contributed by atoms with E-state index < -0.39 is 17.6 Å².